The van der Waals surface area contributed by atoms with Crippen LogP contribution in [0.15, 0.2) is 18.5 Å². The Morgan fingerprint density at radius 3 is 2.83 bits per heavy atom. The van der Waals surface area contributed by atoms with E-state index in [1.807, 2.05) is 6.07 Å². The minimum atomic E-state index is 0.139. The van der Waals surface area contributed by atoms with Crippen LogP contribution in [0.5, 0.6) is 0 Å². The lowest BCUT2D eigenvalue weighted by atomic mass is 10.1. The molecule has 7 nitrogen and oxygen atoms in total. The quantitative estimate of drug-likeness (QED) is 0.850. The molecule has 2 aliphatic heterocycles. The summed E-state index contributed by atoms with van der Waals surface area (Å²) in [4.78, 5) is 27.8. The molecule has 132 valence electrons. The van der Waals surface area contributed by atoms with Gasteiger partial charge >= 0.3 is 0 Å². The van der Waals surface area contributed by atoms with Crippen LogP contribution >= 0.6 is 0 Å². The summed E-state index contributed by atoms with van der Waals surface area (Å²) in [5.41, 5.74) is 0. The zero-order valence-corrected chi connectivity index (χ0v) is 14.5. The lowest BCUT2D eigenvalue weighted by Gasteiger charge is -2.33. The number of anilines is 1. The fraction of sp³-hybridized carbons (Fsp3) is 0.706. The second-order valence-corrected chi connectivity index (χ2v) is 6.83. The molecular weight excluding hydrogens is 304 g/mol. The van der Waals surface area contributed by atoms with Crippen LogP contribution in [0.4, 0.5) is 5.95 Å². The Hall–Kier alpha value is -1.73. The number of carbonyl (C=O) groups is 1. The molecule has 7 heteroatoms. The molecule has 0 spiro atoms. The van der Waals surface area contributed by atoms with E-state index in [1.165, 1.54) is 0 Å². The molecular formula is C17H28N6O. The molecule has 0 saturated carbocycles. The highest BCUT2D eigenvalue weighted by Gasteiger charge is 2.24. The van der Waals surface area contributed by atoms with Crippen LogP contribution in [0.25, 0.3) is 0 Å². The number of rotatable bonds is 4. The molecule has 1 aromatic heterocycles. The van der Waals surface area contributed by atoms with Gasteiger partial charge in [0.15, 0.2) is 0 Å². The van der Waals surface area contributed by atoms with E-state index in [0.29, 0.717) is 6.54 Å². The summed E-state index contributed by atoms with van der Waals surface area (Å²) >= 11 is 0. The van der Waals surface area contributed by atoms with E-state index in [0.717, 1.165) is 64.5 Å². The molecule has 0 aliphatic carbocycles. The Bertz CT molecular complexity index is 525. The van der Waals surface area contributed by atoms with Gasteiger partial charge in [0.05, 0.1) is 6.54 Å². The van der Waals surface area contributed by atoms with E-state index in [1.54, 1.807) is 12.4 Å². The summed E-state index contributed by atoms with van der Waals surface area (Å²) in [6, 6.07) is 2.01. The predicted molar refractivity (Wildman–Crippen MR) is 94.0 cm³/mol. The summed E-state index contributed by atoms with van der Waals surface area (Å²) in [5.74, 6) is 0.896. The van der Waals surface area contributed by atoms with E-state index in [-0.39, 0.29) is 11.9 Å². The van der Waals surface area contributed by atoms with E-state index >= 15 is 0 Å². The van der Waals surface area contributed by atoms with Crippen LogP contribution in [0.2, 0.25) is 0 Å². The molecule has 3 rings (SSSR count). The fourth-order valence-electron chi connectivity index (χ4n) is 3.47. The second-order valence-electron chi connectivity index (χ2n) is 6.83. The monoisotopic (exact) mass is 332 g/mol. The average molecular weight is 332 g/mol. The number of hydrogen-bond acceptors (Lipinski definition) is 6. The molecule has 1 aromatic rings. The van der Waals surface area contributed by atoms with Gasteiger partial charge in [0.1, 0.15) is 0 Å². The maximum Gasteiger partial charge on any atom is 0.234 e. The SMILES string of the molecule is CN1CCCN(CC(=O)NC2CCCN(c3ncccn3)C2)CC1. The van der Waals surface area contributed by atoms with Crippen LogP contribution < -0.4 is 10.2 Å². The Balaban J connectivity index is 1.47. The Morgan fingerprint density at radius 2 is 2.00 bits per heavy atom. The van der Waals surface area contributed by atoms with Crippen LogP contribution in [-0.4, -0.2) is 84.6 Å². The molecule has 1 atom stereocenters. The van der Waals surface area contributed by atoms with Crippen molar-refractivity contribution in [1.82, 2.24) is 25.1 Å². The molecule has 3 heterocycles. The fourth-order valence-corrected chi connectivity index (χ4v) is 3.47. The number of piperidine rings is 1. The standard InChI is InChI=1S/C17H28N6O/c1-21-8-4-9-22(12-11-21)14-16(24)20-15-5-2-10-23(13-15)17-18-6-3-7-19-17/h3,6-7,15H,2,4-5,8-14H2,1H3,(H,20,24). The zero-order valence-electron chi connectivity index (χ0n) is 14.5. The van der Waals surface area contributed by atoms with Crippen LogP contribution in [0, 0.1) is 0 Å². The van der Waals surface area contributed by atoms with Crippen LogP contribution in [0.1, 0.15) is 19.3 Å². The van der Waals surface area contributed by atoms with Gasteiger partial charge in [-0.25, -0.2) is 9.97 Å². The molecule has 0 aromatic carbocycles. The third-order valence-corrected chi connectivity index (χ3v) is 4.80. The smallest absolute Gasteiger partial charge is 0.234 e. The van der Waals surface area contributed by atoms with Crippen molar-refractivity contribution in [2.75, 3.05) is 57.8 Å². The van der Waals surface area contributed by atoms with Crippen molar-refractivity contribution < 1.29 is 4.79 Å². The van der Waals surface area contributed by atoms with Gasteiger partial charge < -0.3 is 15.1 Å². The molecule has 1 amide bonds. The predicted octanol–water partition coefficient (Wildman–Crippen LogP) is 0.199. The van der Waals surface area contributed by atoms with Crippen molar-refractivity contribution in [2.45, 2.75) is 25.3 Å². The number of aromatic nitrogens is 2. The molecule has 24 heavy (non-hydrogen) atoms. The normalized spacial score (nSPS) is 23.7. The van der Waals surface area contributed by atoms with E-state index in [9.17, 15) is 4.79 Å². The molecule has 2 saturated heterocycles. The third kappa shape index (κ3) is 4.88. The van der Waals surface area contributed by atoms with Gasteiger partial charge in [-0.15, -0.1) is 0 Å². The number of nitrogens with one attached hydrogen (secondary N) is 1. The van der Waals surface area contributed by atoms with Crippen molar-refractivity contribution in [1.29, 1.82) is 0 Å². The summed E-state index contributed by atoms with van der Waals surface area (Å²) in [7, 11) is 2.14. The molecule has 2 fully saturated rings. The Labute approximate surface area is 144 Å². The van der Waals surface area contributed by atoms with Gasteiger partial charge in [-0.3, -0.25) is 9.69 Å². The highest BCUT2D eigenvalue weighted by molar-refractivity contribution is 5.78. The van der Waals surface area contributed by atoms with E-state index in [4.69, 9.17) is 0 Å². The maximum atomic E-state index is 12.4. The second kappa shape index (κ2) is 8.39. The summed E-state index contributed by atoms with van der Waals surface area (Å²) < 4.78 is 0. The lowest BCUT2D eigenvalue weighted by molar-refractivity contribution is -0.123. The summed E-state index contributed by atoms with van der Waals surface area (Å²) in [5, 5.41) is 3.21. The molecule has 0 radical (unpaired) electrons. The van der Waals surface area contributed by atoms with Gasteiger partial charge in [0, 0.05) is 44.6 Å². The van der Waals surface area contributed by atoms with Crippen molar-refractivity contribution in [2.24, 2.45) is 0 Å². The Kier molecular flexibility index (Phi) is 5.98. The highest BCUT2D eigenvalue weighted by atomic mass is 16.2. The van der Waals surface area contributed by atoms with Crippen molar-refractivity contribution in [3.63, 3.8) is 0 Å². The molecule has 0 bridgehead atoms. The summed E-state index contributed by atoms with van der Waals surface area (Å²) in [6.45, 7) is 6.38. The first-order valence-electron chi connectivity index (χ1n) is 8.93. The topological polar surface area (TPSA) is 64.6 Å². The van der Waals surface area contributed by atoms with Gasteiger partial charge in [-0.05, 0) is 45.5 Å². The minimum absolute atomic E-state index is 0.139. The molecule has 1 unspecified atom stereocenters. The van der Waals surface area contributed by atoms with Crippen molar-refractivity contribution in [3.05, 3.63) is 18.5 Å². The van der Waals surface area contributed by atoms with Crippen molar-refractivity contribution >= 4 is 11.9 Å². The Morgan fingerprint density at radius 1 is 1.17 bits per heavy atom. The van der Waals surface area contributed by atoms with Gasteiger partial charge in [0.2, 0.25) is 11.9 Å². The van der Waals surface area contributed by atoms with Crippen LogP contribution in [0.3, 0.4) is 0 Å². The van der Waals surface area contributed by atoms with E-state index < -0.39 is 0 Å². The number of hydrogen-bond donors (Lipinski definition) is 1. The zero-order chi connectivity index (χ0) is 16.8. The van der Waals surface area contributed by atoms with E-state index in [2.05, 4.69) is 37.0 Å². The maximum absolute atomic E-state index is 12.4. The molecule has 2 aliphatic rings. The van der Waals surface area contributed by atoms with Gasteiger partial charge in [0.25, 0.3) is 0 Å². The van der Waals surface area contributed by atoms with Gasteiger partial charge in [-0.2, -0.15) is 0 Å². The number of nitrogens with zero attached hydrogens (tertiary/aromatic N) is 5. The minimum Gasteiger partial charge on any atom is -0.350 e. The first-order valence-corrected chi connectivity index (χ1v) is 8.93. The average Bonchev–Trinajstić information content (AvgIpc) is 2.80. The first kappa shape index (κ1) is 17.1. The first-order chi connectivity index (χ1) is 11.7. The lowest BCUT2D eigenvalue weighted by Crippen LogP contribution is -2.50. The third-order valence-electron chi connectivity index (χ3n) is 4.80. The van der Waals surface area contributed by atoms with Crippen LogP contribution in [-0.2, 0) is 4.79 Å². The molecule has 1 N–H and O–H groups in total. The number of likely N-dealkylation sites (N-methyl/N-ethyl adjacent to an activating group) is 1. The summed E-state index contributed by atoms with van der Waals surface area (Å²) in [6.07, 6.45) is 6.74. The highest BCUT2D eigenvalue weighted by Crippen LogP contribution is 2.15. The largest absolute Gasteiger partial charge is 0.350 e. The number of carbonyl (C=O) groups excluding carboxylic acids is 1. The number of amides is 1. The van der Waals surface area contributed by atoms with Gasteiger partial charge in [-0.1, -0.05) is 0 Å². The van der Waals surface area contributed by atoms with Crippen molar-refractivity contribution in [3.8, 4) is 0 Å².